The summed E-state index contributed by atoms with van der Waals surface area (Å²) in [5.74, 6) is -0.141. The Hall–Kier alpha value is -1.88. The molecule has 0 radical (unpaired) electrons. The van der Waals surface area contributed by atoms with E-state index in [1.54, 1.807) is 0 Å². The normalized spacial score (nSPS) is 30.2. The second-order valence-corrected chi connectivity index (χ2v) is 4.43. The molecule has 9 nitrogen and oxygen atoms in total. The molecule has 20 heavy (non-hydrogen) atoms. The van der Waals surface area contributed by atoms with Crippen molar-refractivity contribution in [1.82, 2.24) is 19.5 Å². The lowest BCUT2D eigenvalue weighted by Crippen LogP contribution is -2.33. The Bertz CT molecular complexity index is 650. The molecule has 0 saturated carbocycles. The van der Waals surface area contributed by atoms with E-state index in [1.807, 2.05) is 0 Å². The van der Waals surface area contributed by atoms with Crippen LogP contribution in [0.4, 0.5) is 10.2 Å². The summed E-state index contributed by atoms with van der Waals surface area (Å²) < 4.78 is 19.8. The quantitative estimate of drug-likeness (QED) is 0.472. The van der Waals surface area contributed by atoms with Gasteiger partial charge in [0, 0.05) is 0 Å². The Morgan fingerprint density at radius 3 is 2.75 bits per heavy atom. The summed E-state index contributed by atoms with van der Waals surface area (Å²) in [6.45, 7) is -0.465. The van der Waals surface area contributed by atoms with Crippen molar-refractivity contribution in [1.29, 1.82) is 0 Å². The number of halogens is 1. The van der Waals surface area contributed by atoms with E-state index in [2.05, 4.69) is 15.0 Å². The summed E-state index contributed by atoms with van der Waals surface area (Å²) in [6.07, 6.45) is -4.38. The molecule has 0 bridgehead atoms. The van der Waals surface area contributed by atoms with Gasteiger partial charge < -0.3 is 25.8 Å². The number of nitrogens with two attached hydrogens (primary N) is 1. The van der Waals surface area contributed by atoms with Crippen molar-refractivity contribution in [2.75, 3.05) is 12.3 Å². The predicted molar refractivity (Wildman–Crippen MR) is 62.7 cm³/mol. The van der Waals surface area contributed by atoms with Gasteiger partial charge in [-0.1, -0.05) is 0 Å². The molecule has 4 atom stereocenters. The van der Waals surface area contributed by atoms with Crippen molar-refractivity contribution in [3.8, 4) is 0 Å². The zero-order chi connectivity index (χ0) is 14.4. The molecular weight excluding hydrogens is 272 g/mol. The Labute approximate surface area is 111 Å². The fourth-order valence-corrected chi connectivity index (χ4v) is 2.21. The second-order valence-electron chi connectivity index (χ2n) is 4.43. The van der Waals surface area contributed by atoms with Gasteiger partial charge in [-0.25, -0.2) is 4.98 Å². The average molecular weight is 284 g/mol. The highest BCUT2D eigenvalue weighted by molar-refractivity contribution is 5.81. The molecule has 1 saturated heterocycles. The van der Waals surface area contributed by atoms with Gasteiger partial charge >= 0.3 is 6.08 Å². The third-order valence-corrected chi connectivity index (χ3v) is 3.21. The Balaban J connectivity index is 2.07. The van der Waals surface area contributed by atoms with Gasteiger partial charge in [0.25, 0.3) is 0 Å². The Morgan fingerprint density at radius 1 is 1.35 bits per heavy atom. The molecule has 0 unspecified atom stereocenters. The summed E-state index contributed by atoms with van der Waals surface area (Å²) in [4.78, 5) is 10.8. The molecule has 10 heteroatoms. The molecule has 3 rings (SSSR count). The summed E-state index contributed by atoms with van der Waals surface area (Å²) in [7, 11) is 0. The number of hydrogen-bond donors (Lipinski definition) is 4. The van der Waals surface area contributed by atoms with Crippen molar-refractivity contribution in [3.05, 3.63) is 12.4 Å². The van der Waals surface area contributed by atoms with Crippen molar-refractivity contribution in [2.45, 2.75) is 24.5 Å². The third-order valence-electron chi connectivity index (χ3n) is 3.21. The maximum absolute atomic E-state index is 13.2. The minimum Gasteiger partial charge on any atom is -0.394 e. The first-order valence-corrected chi connectivity index (χ1v) is 5.81. The molecule has 3 heterocycles. The molecule has 1 aliphatic heterocycles. The molecular formula is C10H12FN5O4. The van der Waals surface area contributed by atoms with Crippen LogP contribution in [0.25, 0.3) is 11.2 Å². The fraction of sp³-hybridized carbons (Fsp3) is 0.500. The Morgan fingerprint density at radius 2 is 2.10 bits per heavy atom. The van der Waals surface area contributed by atoms with Crippen LogP contribution in [0.15, 0.2) is 6.33 Å². The topological polar surface area (TPSA) is 140 Å². The molecule has 2 aromatic heterocycles. The molecule has 1 fully saturated rings. The standard InChI is InChI=1S/C10H12FN5O4/c11-10-14-7(12)4-8(15-10)16(2-13-4)9-6(19)5(18)3(1-17)20-9/h2-3,5-6,9,17-19H,1H2,(H2,12,14,15)/t3-,5-,6+,9-/m1/s1/i11-1. The zero-order valence-electron chi connectivity index (χ0n) is 10.1. The van der Waals surface area contributed by atoms with Gasteiger partial charge in [0.05, 0.1) is 12.9 Å². The number of nitrogens with zero attached hydrogens (tertiary/aromatic N) is 4. The van der Waals surface area contributed by atoms with E-state index in [4.69, 9.17) is 15.6 Å². The monoisotopic (exact) mass is 284 g/mol. The predicted octanol–water partition coefficient (Wildman–Crippen LogP) is -1.84. The Kier molecular flexibility index (Phi) is 3.01. The zero-order valence-corrected chi connectivity index (χ0v) is 10.1. The highest BCUT2D eigenvalue weighted by Crippen LogP contribution is 2.31. The van der Waals surface area contributed by atoms with Gasteiger partial charge in [-0.15, -0.1) is 0 Å². The van der Waals surface area contributed by atoms with E-state index in [0.29, 0.717) is 0 Å². The molecule has 0 aromatic carbocycles. The first-order valence-electron chi connectivity index (χ1n) is 5.81. The smallest absolute Gasteiger partial charge is 0.312 e. The summed E-state index contributed by atoms with van der Waals surface area (Å²) in [6, 6.07) is 0. The largest absolute Gasteiger partial charge is 0.394 e. The molecule has 108 valence electrons. The lowest BCUT2D eigenvalue weighted by atomic mass is 10.1. The second kappa shape index (κ2) is 4.59. The van der Waals surface area contributed by atoms with Gasteiger partial charge in [0.2, 0.25) is 0 Å². The summed E-state index contributed by atoms with van der Waals surface area (Å²) in [5, 5.41) is 28.7. The number of fused-ring (bicyclic) bond motifs is 1. The molecule has 5 N–H and O–H groups in total. The lowest BCUT2D eigenvalue weighted by molar-refractivity contribution is -0.0511. The van der Waals surface area contributed by atoms with Gasteiger partial charge in [0.15, 0.2) is 23.2 Å². The molecule has 0 amide bonds. The van der Waals surface area contributed by atoms with E-state index in [1.165, 1.54) is 10.9 Å². The minimum absolute atomic E-state index is 0.0323. The minimum atomic E-state index is -1.32. The number of nitrogen functional groups attached to an aromatic ring is 1. The number of anilines is 1. The third kappa shape index (κ3) is 1.81. The first-order chi connectivity index (χ1) is 9.52. The number of hydrogen-bond acceptors (Lipinski definition) is 8. The number of aliphatic hydroxyl groups excluding tert-OH is 3. The van der Waals surface area contributed by atoms with Crippen LogP contribution < -0.4 is 5.73 Å². The molecule has 2 aromatic rings. The van der Waals surface area contributed by atoms with Crippen LogP contribution in [0.3, 0.4) is 0 Å². The highest BCUT2D eigenvalue weighted by atomic mass is 18.2. The average Bonchev–Trinajstić information content (AvgIpc) is 2.93. The molecule has 0 aliphatic carbocycles. The summed E-state index contributed by atoms with van der Waals surface area (Å²) >= 11 is 0. The summed E-state index contributed by atoms with van der Waals surface area (Å²) in [5.41, 5.74) is 5.71. The number of imidazole rings is 1. The number of aromatic nitrogens is 4. The fourth-order valence-electron chi connectivity index (χ4n) is 2.21. The number of ether oxygens (including phenoxy) is 1. The van der Waals surface area contributed by atoms with Crippen molar-refractivity contribution in [3.63, 3.8) is 0 Å². The van der Waals surface area contributed by atoms with Crippen LogP contribution in [0.2, 0.25) is 0 Å². The van der Waals surface area contributed by atoms with E-state index >= 15 is 0 Å². The van der Waals surface area contributed by atoms with E-state index in [9.17, 15) is 14.6 Å². The van der Waals surface area contributed by atoms with Crippen LogP contribution in [0.5, 0.6) is 0 Å². The van der Waals surface area contributed by atoms with Gasteiger partial charge in [-0.05, 0) is 0 Å². The van der Waals surface area contributed by atoms with Crippen molar-refractivity contribution in [2.24, 2.45) is 0 Å². The van der Waals surface area contributed by atoms with Gasteiger partial charge in [-0.3, -0.25) is 4.57 Å². The maximum Gasteiger partial charge on any atom is 0.312 e. The van der Waals surface area contributed by atoms with Crippen LogP contribution in [-0.2, 0) is 4.74 Å². The van der Waals surface area contributed by atoms with Crippen LogP contribution in [0, 0.1) is 6.08 Å². The van der Waals surface area contributed by atoms with E-state index in [0.717, 1.165) is 0 Å². The van der Waals surface area contributed by atoms with E-state index in [-0.39, 0.29) is 17.0 Å². The lowest BCUT2D eigenvalue weighted by Gasteiger charge is -2.16. The highest BCUT2D eigenvalue weighted by Gasteiger charge is 2.44. The van der Waals surface area contributed by atoms with Crippen LogP contribution in [-0.4, -0.2) is 59.8 Å². The number of aliphatic hydroxyl groups is 3. The molecule has 1 aliphatic rings. The van der Waals surface area contributed by atoms with Crippen LogP contribution >= 0.6 is 0 Å². The molecule has 0 spiro atoms. The van der Waals surface area contributed by atoms with Crippen LogP contribution in [0.1, 0.15) is 6.23 Å². The first kappa shape index (κ1) is 13.1. The van der Waals surface area contributed by atoms with Gasteiger partial charge in [-0.2, -0.15) is 14.4 Å². The maximum atomic E-state index is 13.2. The number of rotatable bonds is 2. The van der Waals surface area contributed by atoms with Crippen molar-refractivity contribution < 1.29 is 24.4 Å². The van der Waals surface area contributed by atoms with Gasteiger partial charge in [0.1, 0.15) is 18.3 Å². The van der Waals surface area contributed by atoms with Crippen molar-refractivity contribution >= 4 is 17.0 Å². The SMILES string of the molecule is Nc1nc([18F])nc2c1ncn2[C@@H]1O[C@H](CO)[C@@H](O)[C@@H]1O. The van der Waals surface area contributed by atoms with E-state index < -0.39 is 37.2 Å².